The normalized spacial score (nSPS) is 27.2. The van der Waals surface area contributed by atoms with Crippen molar-refractivity contribution in [3.05, 3.63) is 35.1 Å². The van der Waals surface area contributed by atoms with Gasteiger partial charge in [-0.05, 0) is 30.0 Å². The van der Waals surface area contributed by atoms with Gasteiger partial charge in [0.2, 0.25) is 0 Å². The van der Waals surface area contributed by atoms with Crippen molar-refractivity contribution in [2.24, 2.45) is 0 Å². The van der Waals surface area contributed by atoms with E-state index in [-0.39, 0.29) is 18.5 Å². The second-order valence-electron chi connectivity index (χ2n) is 5.03. The first-order chi connectivity index (χ1) is 9.18. The summed E-state index contributed by atoms with van der Waals surface area (Å²) >= 11 is 0. The highest BCUT2D eigenvalue weighted by atomic mass is 19.1. The van der Waals surface area contributed by atoms with Gasteiger partial charge in [0.05, 0.1) is 13.2 Å². The number of aliphatic carboxylic acids is 1. The van der Waals surface area contributed by atoms with Crippen LogP contribution in [0.4, 0.5) is 4.39 Å². The third-order valence-electron chi connectivity index (χ3n) is 4.04. The molecule has 5 heteroatoms. The largest absolute Gasteiger partial charge is 0.480 e. The molecule has 1 aliphatic heterocycles. The van der Waals surface area contributed by atoms with Gasteiger partial charge in [-0.25, -0.2) is 4.39 Å². The predicted octanol–water partition coefficient (Wildman–Crippen LogP) is 1.60. The van der Waals surface area contributed by atoms with Gasteiger partial charge in [0.15, 0.2) is 0 Å². The van der Waals surface area contributed by atoms with Crippen LogP contribution >= 0.6 is 0 Å². The molecule has 0 spiro atoms. The standard InChI is InChI=1S/C14H16FNO3/c15-11-3-1-2-10-9(11)4-5-12(10)16-6-7-19-8-13(16)14(17)18/h1-3,12-13H,4-8H2,(H,17,18). The van der Waals surface area contributed by atoms with Crippen LogP contribution in [0.3, 0.4) is 0 Å². The van der Waals surface area contributed by atoms with Gasteiger partial charge in [0, 0.05) is 12.6 Å². The van der Waals surface area contributed by atoms with E-state index >= 15 is 0 Å². The Balaban J connectivity index is 1.91. The Kier molecular flexibility index (Phi) is 3.24. The molecule has 102 valence electrons. The number of carboxylic acids is 1. The fraction of sp³-hybridized carbons (Fsp3) is 0.500. The number of nitrogens with zero attached hydrogens (tertiary/aromatic N) is 1. The first-order valence-electron chi connectivity index (χ1n) is 6.52. The Hall–Kier alpha value is -1.46. The van der Waals surface area contributed by atoms with E-state index in [2.05, 4.69) is 0 Å². The number of fused-ring (bicyclic) bond motifs is 1. The number of hydrogen-bond acceptors (Lipinski definition) is 3. The molecule has 1 aromatic carbocycles. The summed E-state index contributed by atoms with van der Waals surface area (Å²) in [7, 11) is 0. The van der Waals surface area contributed by atoms with Gasteiger partial charge in [0.1, 0.15) is 11.9 Å². The smallest absolute Gasteiger partial charge is 0.323 e. The van der Waals surface area contributed by atoms with Crippen molar-refractivity contribution in [3.8, 4) is 0 Å². The molecule has 2 aliphatic rings. The van der Waals surface area contributed by atoms with Crippen molar-refractivity contribution in [2.75, 3.05) is 19.8 Å². The van der Waals surface area contributed by atoms with E-state index in [0.29, 0.717) is 19.6 Å². The van der Waals surface area contributed by atoms with E-state index in [1.165, 1.54) is 6.07 Å². The number of ether oxygens (including phenoxy) is 1. The molecule has 3 rings (SSSR count). The third-order valence-corrected chi connectivity index (χ3v) is 4.04. The Bertz CT molecular complexity index is 505. The van der Waals surface area contributed by atoms with Gasteiger partial charge >= 0.3 is 5.97 Å². The summed E-state index contributed by atoms with van der Waals surface area (Å²) in [5.74, 6) is -1.05. The van der Waals surface area contributed by atoms with Gasteiger partial charge in [-0.3, -0.25) is 9.69 Å². The van der Waals surface area contributed by atoms with Crippen LogP contribution in [-0.4, -0.2) is 41.8 Å². The molecule has 1 saturated heterocycles. The molecule has 2 atom stereocenters. The molecule has 1 aromatic rings. The van der Waals surface area contributed by atoms with E-state index in [1.54, 1.807) is 6.07 Å². The summed E-state index contributed by atoms with van der Waals surface area (Å²) in [6.07, 6.45) is 1.45. The van der Waals surface area contributed by atoms with Gasteiger partial charge in [-0.2, -0.15) is 0 Å². The molecule has 2 unspecified atom stereocenters. The number of hydrogen-bond donors (Lipinski definition) is 1. The summed E-state index contributed by atoms with van der Waals surface area (Å²) in [4.78, 5) is 13.2. The first kappa shape index (κ1) is 12.6. The molecule has 1 heterocycles. The number of benzene rings is 1. The average Bonchev–Trinajstić information content (AvgIpc) is 2.84. The third kappa shape index (κ3) is 2.13. The first-order valence-corrected chi connectivity index (χ1v) is 6.52. The number of rotatable bonds is 2. The Morgan fingerprint density at radius 1 is 1.47 bits per heavy atom. The molecule has 0 amide bonds. The number of carboxylic acid groups (broad SMARTS) is 1. The zero-order valence-electron chi connectivity index (χ0n) is 10.5. The van der Waals surface area contributed by atoms with Gasteiger partial charge in [-0.1, -0.05) is 12.1 Å². The summed E-state index contributed by atoms with van der Waals surface area (Å²) in [6.45, 7) is 1.32. The van der Waals surface area contributed by atoms with Crippen LogP contribution in [0, 0.1) is 5.82 Å². The summed E-state index contributed by atoms with van der Waals surface area (Å²) < 4.78 is 19.0. The Labute approximate surface area is 110 Å². The Morgan fingerprint density at radius 3 is 3.11 bits per heavy atom. The maximum Gasteiger partial charge on any atom is 0.323 e. The van der Waals surface area contributed by atoms with Crippen molar-refractivity contribution in [1.82, 2.24) is 4.90 Å². The molecule has 0 aromatic heterocycles. The lowest BCUT2D eigenvalue weighted by atomic mass is 10.0. The SMILES string of the molecule is O=C(O)C1COCCN1C1CCc2c(F)cccc21. The lowest BCUT2D eigenvalue weighted by molar-refractivity contribution is -0.151. The van der Waals surface area contributed by atoms with Crippen LogP contribution in [0.25, 0.3) is 0 Å². The molecule has 0 bridgehead atoms. The van der Waals surface area contributed by atoms with E-state index < -0.39 is 12.0 Å². The van der Waals surface area contributed by atoms with Crippen LogP contribution < -0.4 is 0 Å². The van der Waals surface area contributed by atoms with Crippen LogP contribution in [0.2, 0.25) is 0 Å². The molecule has 0 saturated carbocycles. The highest BCUT2D eigenvalue weighted by Gasteiger charge is 2.38. The predicted molar refractivity (Wildman–Crippen MR) is 66.4 cm³/mol. The van der Waals surface area contributed by atoms with Gasteiger partial charge in [-0.15, -0.1) is 0 Å². The topological polar surface area (TPSA) is 49.8 Å². The number of carbonyl (C=O) groups is 1. The minimum absolute atomic E-state index is 0.00398. The Morgan fingerprint density at radius 2 is 2.32 bits per heavy atom. The van der Waals surface area contributed by atoms with Gasteiger partial charge < -0.3 is 9.84 Å². The van der Waals surface area contributed by atoms with Crippen LogP contribution in [0.5, 0.6) is 0 Å². The molecule has 1 N–H and O–H groups in total. The fourth-order valence-corrected chi connectivity index (χ4v) is 3.13. The highest BCUT2D eigenvalue weighted by Crippen LogP contribution is 2.38. The van der Waals surface area contributed by atoms with Crippen LogP contribution in [0.15, 0.2) is 18.2 Å². The quantitative estimate of drug-likeness (QED) is 0.882. The van der Waals surface area contributed by atoms with Crippen LogP contribution in [0.1, 0.15) is 23.6 Å². The van der Waals surface area contributed by atoms with Crippen molar-refractivity contribution < 1.29 is 19.0 Å². The summed E-state index contributed by atoms with van der Waals surface area (Å²) in [6, 6.07) is 4.44. The molecular formula is C14H16FNO3. The molecule has 1 fully saturated rings. The number of morpholine rings is 1. The molecule has 19 heavy (non-hydrogen) atoms. The summed E-state index contributed by atoms with van der Waals surface area (Å²) in [5, 5.41) is 9.28. The monoisotopic (exact) mass is 265 g/mol. The lowest BCUT2D eigenvalue weighted by Gasteiger charge is -2.37. The van der Waals surface area contributed by atoms with E-state index in [1.807, 2.05) is 11.0 Å². The van der Waals surface area contributed by atoms with E-state index in [4.69, 9.17) is 4.74 Å². The molecule has 0 radical (unpaired) electrons. The van der Waals surface area contributed by atoms with Crippen molar-refractivity contribution in [1.29, 1.82) is 0 Å². The molecule has 1 aliphatic carbocycles. The average molecular weight is 265 g/mol. The minimum atomic E-state index is -0.871. The second-order valence-corrected chi connectivity index (χ2v) is 5.03. The maximum atomic E-state index is 13.7. The van der Waals surface area contributed by atoms with Crippen molar-refractivity contribution in [3.63, 3.8) is 0 Å². The lowest BCUT2D eigenvalue weighted by Crippen LogP contribution is -2.50. The zero-order valence-corrected chi connectivity index (χ0v) is 10.5. The maximum absolute atomic E-state index is 13.7. The minimum Gasteiger partial charge on any atom is -0.480 e. The second kappa shape index (κ2) is 4.90. The zero-order chi connectivity index (χ0) is 13.4. The number of halogens is 1. The van der Waals surface area contributed by atoms with E-state index in [9.17, 15) is 14.3 Å². The van der Waals surface area contributed by atoms with Crippen molar-refractivity contribution in [2.45, 2.75) is 24.9 Å². The van der Waals surface area contributed by atoms with Crippen molar-refractivity contribution >= 4 is 5.97 Å². The van der Waals surface area contributed by atoms with E-state index in [0.717, 1.165) is 17.5 Å². The fourth-order valence-electron chi connectivity index (χ4n) is 3.13. The van der Waals surface area contributed by atoms with Crippen LogP contribution in [-0.2, 0) is 16.0 Å². The highest BCUT2D eigenvalue weighted by molar-refractivity contribution is 5.74. The van der Waals surface area contributed by atoms with Gasteiger partial charge in [0.25, 0.3) is 0 Å². The molecular weight excluding hydrogens is 249 g/mol. The summed E-state index contributed by atoms with van der Waals surface area (Å²) in [5.41, 5.74) is 1.68. The molecule has 4 nitrogen and oxygen atoms in total.